The van der Waals surface area contributed by atoms with E-state index in [2.05, 4.69) is 10.3 Å². The molecule has 0 atom stereocenters. The molecule has 2 aromatic rings. The summed E-state index contributed by atoms with van der Waals surface area (Å²) in [7, 11) is 1.49. The van der Waals surface area contributed by atoms with E-state index in [0.29, 0.717) is 17.1 Å². The molecule has 0 aliphatic rings. The van der Waals surface area contributed by atoms with Crippen molar-refractivity contribution in [3.8, 4) is 11.5 Å². The van der Waals surface area contributed by atoms with E-state index in [4.69, 9.17) is 4.74 Å². The van der Waals surface area contributed by atoms with Crippen LogP contribution in [-0.4, -0.2) is 29.3 Å². The predicted molar refractivity (Wildman–Crippen MR) is 89.3 cm³/mol. The number of anilines is 1. The van der Waals surface area contributed by atoms with Crippen molar-refractivity contribution in [3.05, 3.63) is 52.1 Å². The molecule has 0 spiro atoms. The second kappa shape index (κ2) is 7.23. The average molecular weight is 329 g/mol. The number of phenols is 1. The summed E-state index contributed by atoms with van der Waals surface area (Å²) < 4.78 is 5.12. The third-order valence-corrected chi connectivity index (χ3v) is 3.08. The predicted octanol–water partition coefficient (Wildman–Crippen LogP) is 3.02. The first-order valence-electron chi connectivity index (χ1n) is 6.88. The number of hydrogen-bond acceptors (Lipinski definition) is 6. The number of nitrogens with zero attached hydrogens (tertiary/aromatic N) is 2. The van der Waals surface area contributed by atoms with Gasteiger partial charge in [0.2, 0.25) is 5.91 Å². The van der Waals surface area contributed by atoms with Gasteiger partial charge < -0.3 is 15.2 Å². The van der Waals surface area contributed by atoms with E-state index in [1.54, 1.807) is 18.2 Å². The number of nitro groups is 1. The molecule has 0 aliphatic heterocycles. The molecule has 0 aliphatic carbocycles. The van der Waals surface area contributed by atoms with E-state index in [9.17, 15) is 20.0 Å². The molecule has 8 nitrogen and oxygen atoms in total. The molecule has 8 heteroatoms. The van der Waals surface area contributed by atoms with Crippen LogP contribution in [0.1, 0.15) is 12.5 Å². The van der Waals surface area contributed by atoms with E-state index in [-0.39, 0.29) is 22.9 Å². The van der Waals surface area contributed by atoms with E-state index < -0.39 is 4.92 Å². The number of aliphatic imine (C=N–C) groups is 1. The fraction of sp³-hybridized carbons (Fsp3) is 0.125. The number of hydrogen-bond donors (Lipinski definition) is 2. The summed E-state index contributed by atoms with van der Waals surface area (Å²) in [6, 6.07) is 8.50. The lowest BCUT2D eigenvalue weighted by Crippen LogP contribution is -2.05. The monoisotopic (exact) mass is 329 g/mol. The maximum Gasteiger partial charge on any atom is 0.270 e. The largest absolute Gasteiger partial charge is 0.507 e. The van der Waals surface area contributed by atoms with Crippen molar-refractivity contribution in [3.63, 3.8) is 0 Å². The first kappa shape index (κ1) is 16.9. The minimum absolute atomic E-state index is 0.145. The van der Waals surface area contributed by atoms with Crippen LogP contribution in [0.4, 0.5) is 17.1 Å². The molecular formula is C16H15N3O5. The van der Waals surface area contributed by atoms with Crippen LogP contribution in [0.5, 0.6) is 11.5 Å². The van der Waals surface area contributed by atoms with E-state index >= 15 is 0 Å². The fourth-order valence-electron chi connectivity index (χ4n) is 1.94. The van der Waals surface area contributed by atoms with Crippen LogP contribution in [-0.2, 0) is 4.79 Å². The zero-order valence-corrected chi connectivity index (χ0v) is 13.0. The molecule has 0 saturated heterocycles. The summed E-state index contributed by atoms with van der Waals surface area (Å²) in [5.74, 6) is 0.114. The highest BCUT2D eigenvalue weighted by molar-refractivity contribution is 5.94. The first-order chi connectivity index (χ1) is 11.4. The molecule has 0 bridgehead atoms. The molecule has 0 fully saturated rings. The zero-order chi connectivity index (χ0) is 17.7. The molecule has 24 heavy (non-hydrogen) atoms. The molecular weight excluding hydrogens is 314 g/mol. The van der Waals surface area contributed by atoms with Crippen molar-refractivity contribution in [2.24, 2.45) is 4.99 Å². The Hall–Kier alpha value is -3.42. The van der Waals surface area contributed by atoms with Crippen molar-refractivity contribution < 1.29 is 19.6 Å². The number of methoxy groups -OCH3 is 1. The molecule has 0 saturated carbocycles. The standard InChI is InChI=1S/C16H15N3O5/c1-10(20)18-14-5-4-13(24-2)8-15(14)17-9-11-7-12(19(22)23)3-6-16(11)21/h3-9,21H,1-2H3,(H,18,20). The number of carbonyl (C=O) groups excluding carboxylic acids is 1. The van der Waals surface area contributed by atoms with Gasteiger partial charge in [-0.15, -0.1) is 0 Å². The highest BCUT2D eigenvalue weighted by Gasteiger charge is 2.10. The van der Waals surface area contributed by atoms with Crippen LogP contribution in [0.15, 0.2) is 41.4 Å². The lowest BCUT2D eigenvalue weighted by Gasteiger charge is -2.08. The highest BCUT2D eigenvalue weighted by Crippen LogP contribution is 2.30. The third-order valence-electron chi connectivity index (χ3n) is 3.08. The summed E-state index contributed by atoms with van der Waals surface area (Å²) in [5, 5.41) is 23.2. The van der Waals surface area contributed by atoms with Crippen LogP contribution in [0, 0.1) is 10.1 Å². The maximum atomic E-state index is 11.3. The number of phenolic OH excluding ortho intramolecular Hbond substituents is 1. The van der Waals surface area contributed by atoms with Crippen LogP contribution < -0.4 is 10.1 Å². The Labute approximate surface area is 137 Å². The van der Waals surface area contributed by atoms with Crippen LogP contribution in [0.3, 0.4) is 0 Å². The maximum absolute atomic E-state index is 11.3. The zero-order valence-electron chi connectivity index (χ0n) is 13.0. The Bertz CT molecular complexity index is 817. The lowest BCUT2D eigenvalue weighted by molar-refractivity contribution is -0.384. The molecule has 2 rings (SSSR count). The van der Waals surface area contributed by atoms with Crippen molar-refractivity contribution in [2.45, 2.75) is 6.92 Å². The summed E-state index contributed by atoms with van der Waals surface area (Å²) in [5.41, 5.74) is 0.850. The Morgan fingerprint density at radius 3 is 2.71 bits per heavy atom. The Morgan fingerprint density at radius 2 is 2.08 bits per heavy atom. The Kier molecular flexibility index (Phi) is 5.10. The number of carbonyl (C=O) groups is 1. The summed E-state index contributed by atoms with van der Waals surface area (Å²) in [4.78, 5) is 25.7. The SMILES string of the molecule is COc1ccc(NC(C)=O)c(N=Cc2cc([N+](=O)[O-])ccc2O)c1. The average Bonchev–Trinajstić information content (AvgIpc) is 2.54. The molecule has 0 unspecified atom stereocenters. The minimum Gasteiger partial charge on any atom is -0.507 e. The van der Waals surface area contributed by atoms with Gasteiger partial charge in [0.05, 0.1) is 23.4 Å². The number of non-ortho nitro benzene ring substituents is 1. The van der Waals surface area contributed by atoms with Gasteiger partial charge >= 0.3 is 0 Å². The second-order valence-corrected chi connectivity index (χ2v) is 4.82. The molecule has 124 valence electrons. The quantitative estimate of drug-likeness (QED) is 0.497. The number of ether oxygens (including phenoxy) is 1. The normalized spacial score (nSPS) is 10.6. The number of nitrogens with one attached hydrogen (secondary N) is 1. The van der Waals surface area contributed by atoms with Crippen molar-refractivity contribution in [1.82, 2.24) is 0 Å². The van der Waals surface area contributed by atoms with E-state index in [1.807, 2.05) is 0 Å². The summed E-state index contributed by atoms with van der Waals surface area (Å²) in [6.45, 7) is 1.37. The van der Waals surface area contributed by atoms with Gasteiger partial charge in [0.15, 0.2) is 0 Å². The number of aromatic hydroxyl groups is 1. The van der Waals surface area contributed by atoms with Gasteiger partial charge in [0.25, 0.3) is 5.69 Å². The number of benzene rings is 2. The second-order valence-electron chi connectivity index (χ2n) is 4.82. The number of nitro benzene ring substituents is 1. The van der Waals surface area contributed by atoms with Crippen molar-refractivity contribution >= 4 is 29.2 Å². The lowest BCUT2D eigenvalue weighted by atomic mass is 10.2. The van der Waals surface area contributed by atoms with E-state index in [0.717, 1.165) is 0 Å². The summed E-state index contributed by atoms with van der Waals surface area (Å²) >= 11 is 0. The molecule has 0 heterocycles. The minimum atomic E-state index is -0.564. The Morgan fingerprint density at radius 1 is 1.33 bits per heavy atom. The van der Waals surface area contributed by atoms with Gasteiger partial charge in [-0.05, 0) is 18.2 Å². The molecule has 1 amide bonds. The third kappa shape index (κ3) is 4.07. The topological polar surface area (TPSA) is 114 Å². The van der Waals surface area contributed by atoms with Crippen LogP contribution >= 0.6 is 0 Å². The van der Waals surface area contributed by atoms with Crippen LogP contribution in [0.2, 0.25) is 0 Å². The molecule has 0 aromatic heterocycles. The first-order valence-corrected chi connectivity index (χ1v) is 6.88. The van der Waals surface area contributed by atoms with Crippen molar-refractivity contribution in [1.29, 1.82) is 0 Å². The molecule has 2 N–H and O–H groups in total. The van der Waals surface area contributed by atoms with Gasteiger partial charge in [0, 0.05) is 36.9 Å². The van der Waals surface area contributed by atoms with Gasteiger partial charge in [0.1, 0.15) is 11.5 Å². The number of amides is 1. The van der Waals surface area contributed by atoms with Crippen LogP contribution in [0.25, 0.3) is 0 Å². The van der Waals surface area contributed by atoms with Gasteiger partial charge in [-0.1, -0.05) is 0 Å². The fourth-order valence-corrected chi connectivity index (χ4v) is 1.94. The Balaban J connectivity index is 2.42. The summed E-state index contributed by atoms with van der Waals surface area (Å²) in [6.07, 6.45) is 1.28. The smallest absolute Gasteiger partial charge is 0.270 e. The van der Waals surface area contributed by atoms with Gasteiger partial charge in [-0.3, -0.25) is 19.9 Å². The van der Waals surface area contributed by atoms with E-state index in [1.165, 1.54) is 38.4 Å². The van der Waals surface area contributed by atoms with Gasteiger partial charge in [-0.25, -0.2) is 0 Å². The number of rotatable bonds is 5. The molecule has 2 aromatic carbocycles. The van der Waals surface area contributed by atoms with Gasteiger partial charge in [-0.2, -0.15) is 0 Å². The molecule has 0 radical (unpaired) electrons. The highest BCUT2D eigenvalue weighted by atomic mass is 16.6. The van der Waals surface area contributed by atoms with Crippen molar-refractivity contribution in [2.75, 3.05) is 12.4 Å².